The van der Waals surface area contributed by atoms with Crippen molar-refractivity contribution in [1.82, 2.24) is 4.57 Å². The maximum atomic E-state index is 6.23. The van der Waals surface area contributed by atoms with E-state index in [9.17, 15) is 0 Å². The maximum absolute atomic E-state index is 6.23. The topological polar surface area (TPSA) is 40.2 Å². The smallest absolute Gasteiger partial charge is 0.122 e. The Labute approximate surface area is 126 Å². The van der Waals surface area contributed by atoms with Gasteiger partial charge < -0.3 is 15.0 Å². The minimum Gasteiger partial charge on any atom is -0.493 e. The third-order valence-electron chi connectivity index (χ3n) is 4.39. The van der Waals surface area contributed by atoms with Crippen molar-refractivity contribution in [3.05, 3.63) is 53.9 Å². The van der Waals surface area contributed by atoms with Crippen LogP contribution in [0.4, 0.5) is 0 Å². The van der Waals surface area contributed by atoms with Gasteiger partial charge in [-0.15, -0.1) is 0 Å². The first-order chi connectivity index (χ1) is 10.1. The highest BCUT2D eigenvalue weighted by atomic mass is 16.5. The second-order valence-electron chi connectivity index (χ2n) is 6.28. The SMILES string of the molecule is CC(C)C(N)c1ccn(CC2CCOc3ccccc32)c1. The van der Waals surface area contributed by atoms with E-state index in [4.69, 9.17) is 10.5 Å². The highest BCUT2D eigenvalue weighted by Crippen LogP contribution is 2.34. The molecule has 0 saturated heterocycles. The van der Waals surface area contributed by atoms with Gasteiger partial charge in [-0.3, -0.25) is 0 Å². The molecule has 0 radical (unpaired) electrons. The van der Waals surface area contributed by atoms with Crippen molar-refractivity contribution in [1.29, 1.82) is 0 Å². The molecule has 0 amide bonds. The van der Waals surface area contributed by atoms with Crippen LogP contribution in [0.25, 0.3) is 0 Å². The van der Waals surface area contributed by atoms with Crippen molar-refractivity contribution < 1.29 is 4.74 Å². The second kappa shape index (κ2) is 5.94. The molecule has 2 N–H and O–H groups in total. The van der Waals surface area contributed by atoms with Crippen molar-refractivity contribution in [3.63, 3.8) is 0 Å². The van der Waals surface area contributed by atoms with Crippen LogP contribution in [0.15, 0.2) is 42.7 Å². The van der Waals surface area contributed by atoms with E-state index in [-0.39, 0.29) is 6.04 Å². The molecule has 0 saturated carbocycles. The molecule has 1 aliphatic heterocycles. The molecule has 112 valence electrons. The van der Waals surface area contributed by atoms with E-state index in [1.165, 1.54) is 11.1 Å². The normalized spacial score (nSPS) is 19.1. The minimum absolute atomic E-state index is 0.119. The van der Waals surface area contributed by atoms with Gasteiger partial charge in [-0.05, 0) is 35.6 Å². The average Bonchev–Trinajstić information content (AvgIpc) is 2.95. The summed E-state index contributed by atoms with van der Waals surface area (Å²) in [4.78, 5) is 0. The van der Waals surface area contributed by atoms with Gasteiger partial charge in [0.1, 0.15) is 5.75 Å². The van der Waals surface area contributed by atoms with Crippen molar-refractivity contribution in [2.45, 2.75) is 38.8 Å². The zero-order valence-electron chi connectivity index (χ0n) is 12.8. The van der Waals surface area contributed by atoms with Crippen LogP contribution in [0.2, 0.25) is 0 Å². The van der Waals surface area contributed by atoms with Crippen LogP contribution in [0.5, 0.6) is 5.75 Å². The summed E-state index contributed by atoms with van der Waals surface area (Å²) >= 11 is 0. The Morgan fingerprint density at radius 3 is 2.90 bits per heavy atom. The van der Waals surface area contributed by atoms with E-state index >= 15 is 0 Å². The Bertz CT molecular complexity index is 603. The van der Waals surface area contributed by atoms with Gasteiger partial charge in [0, 0.05) is 30.9 Å². The summed E-state index contributed by atoms with van der Waals surface area (Å²) in [6.07, 6.45) is 5.42. The lowest BCUT2D eigenvalue weighted by atomic mass is 9.93. The molecule has 3 heteroatoms. The minimum atomic E-state index is 0.119. The monoisotopic (exact) mass is 284 g/mol. The first-order valence-corrected chi connectivity index (χ1v) is 7.78. The van der Waals surface area contributed by atoms with Crippen LogP contribution in [-0.4, -0.2) is 11.2 Å². The first kappa shape index (κ1) is 14.2. The largest absolute Gasteiger partial charge is 0.493 e. The van der Waals surface area contributed by atoms with Crippen LogP contribution in [0.1, 0.15) is 43.4 Å². The predicted octanol–water partition coefficient (Wildman–Crippen LogP) is 3.71. The zero-order valence-corrected chi connectivity index (χ0v) is 12.8. The summed E-state index contributed by atoms with van der Waals surface area (Å²) in [5, 5.41) is 0. The lowest BCUT2D eigenvalue weighted by Crippen LogP contribution is -2.18. The third kappa shape index (κ3) is 2.98. The van der Waals surface area contributed by atoms with Gasteiger partial charge >= 0.3 is 0 Å². The average molecular weight is 284 g/mol. The van der Waals surface area contributed by atoms with Crippen LogP contribution in [0, 0.1) is 5.92 Å². The molecule has 2 unspecified atom stereocenters. The number of rotatable bonds is 4. The molecule has 0 bridgehead atoms. The van der Waals surface area contributed by atoms with Gasteiger partial charge in [0.15, 0.2) is 0 Å². The standard InChI is InChI=1S/C18H24N2O/c1-13(2)18(19)15-7-9-20(12-15)11-14-8-10-21-17-6-4-3-5-16(14)17/h3-7,9,12-14,18H,8,10-11,19H2,1-2H3. The number of nitrogens with zero attached hydrogens (tertiary/aromatic N) is 1. The van der Waals surface area contributed by atoms with Crippen molar-refractivity contribution >= 4 is 0 Å². The molecule has 1 aromatic heterocycles. The zero-order chi connectivity index (χ0) is 14.8. The summed E-state index contributed by atoms with van der Waals surface area (Å²) in [5.74, 6) is 2.02. The van der Waals surface area contributed by atoms with Crippen LogP contribution >= 0.6 is 0 Å². The number of hydrogen-bond donors (Lipinski definition) is 1. The molecule has 2 atom stereocenters. The number of nitrogens with two attached hydrogens (primary N) is 1. The molecule has 1 aliphatic rings. The van der Waals surface area contributed by atoms with Crippen molar-refractivity contribution in [3.8, 4) is 5.75 Å². The molecule has 0 spiro atoms. The molecule has 0 fully saturated rings. The Morgan fingerprint density at radius 2 is 2.10 bits per heavy atom. The summed E-state index contributed by atoms with van der Waals surface area (Å²) in [6, 6.07) is 10.6. The van der Waals surface area contributed by atoms with Crippen LogP contribution in [-0.2, 0) is 6.54 Å². The third-order valence-corrected chi connectivity index (χ3v) is 4.39. The maximum Gasteiger partial charge on any atom is 0.122 e. The molecule has 3 nitrogen and oxygen atoms in total. The number of benzene rings is 1. The van der Waals surface area contributed by atoms with E-state index in [1.807, 2.05) is 6.07 Å². The van der Waals surface area contributed by atoms with Crippen molar-refractivity contribution in [2.75, 3.05) is 6.61 Å². The fourth-order valence-electron chi connectivity index (χ4n) is 3.01. The Kier molecular flexibility index (Phi) is 4.02. The predicted molar refractivity (Wildman–Crippen MR) is 85.5 cm³/mol. The first-order valence-electron chi connectivity index (χ1n) is 7.78. The summed E-state index contributed by atoms with van der Waals surface area (Å²) in [7, 11) is 0. The van der Waals surface area contributed by atoms with Gasteiger partial charge in [-0.25, -0.2) is 0 Å². The molecule has 3 rings (SSSR count). The summed E-state index contributed by atoms with van der Waals surface area (Å²) in [5.41, 5.74) is 8.78. The molecule has 2 heterocycles. The number of aromatic nitrogens is 1. The highest BCUT2D eigenvalue weighted by molar-refractivity contribution is 5.37. The van der Waals surface area contributed by atoms with Crippen LogP contribution < -0.4 is 10.5 Å². The van der Waals surface area contributed by atoms with Gasteiger partial charge in [0.2, 0.25) is 0 Å². The molecular weight excluding hydrogens is 260 g/mol. The molecule has 0 aliphatic carbocycles. The van der Waals surface area contributed by atoms with Gasteiger partial charge in [-0.2, -0.15) is 0 Å². The lowest BCUT2D eigenvalue weighted by Gasteiger charge is -2.26. The van der Waals surface area contributed by atoms with Gasteiger partial charge in [-0.1, -0.05) is 32.0 Å². The number of ether oxygens (including phenoxy) is 1. The summed E-state index contributed by atoms with van der Waals surface area (Å²) in [6.45, 7) is 6.12. The van der Waals surface area contributed by atoms with E-state index in [2.05, 4.69) is 55.1 Å². The molecule has 2 aromatic rings. The Hall–Kier alpha value is -1.74. The van der Waals surface area contributed by atoms with Crippen molar-refractivity contribution in [2.24, 2.45) is 11.7 Å². The van der Waals surface area contributed by atoms with E-state index in [0.717, 1.165) is 25.3 Å². The van der Waals surface area contributed by atoms with E-state index in [0.29, 0.717) is 11.8 Å². The number of fused-ring (bicyclic) bond motifs is 1. The van der Waals surface area contributed by atoms with Gasteiger partial charge in [0.25, 0.3) is 0 Å². The molecule has 21 heavy (non-hydrogen) atoms. The molecular formula is C18H24N2O. The fourth-order valence-corrected chi connectivity index (χ4v) is 3.01. The van der Waals surface area contributed by atoms with E-state index < -0.39 is 0 Å². The van der Waals surface area contributed by atoms with Crippen LogP contribution in [0.3, 0.4) is 0 Å². The van der Waals surface area contributed by atoms with E-state index in [1.54, 1.807) is 0 Å². The quantitative estimate of drug-likeness (QED) is 0.929. The summed E-state index contributed by atoms with van der Waals surface area (Å²) < 4.78 is 8.01. The fraction of sp³-hybridized carbons (Fsp3) is 0.444. The Morgan fingerprint density at radius 1 is 1.29 bits per heavy atom. The lowest BCUT2D eigenvalue weighted by molar-refractivity contribution is 0.259. The number of hydrogen-bond acceptors (Lipinski definition) is 2. The second-order valence-corrected chi connectivity index (χ2v) is 6.28. The number of para-hydroxylation sites is 1. The Balaban J connectivity index is 1.76. The van der Waals surface area contributed by atoms with Gasteiger partial charge in [0.05, 0.1) is 6.61 Å². The highest BCUT2D eigenvalue weighted by Gasteiger charge is 2.21. The molecule has 1 aromatic carbocycles.